The molecule has 0 fully saturated rings. The molecule has 0 spiro atoms. The first-order chi connectivity index (χ1) is 23.9. The number of rotatable bonds is 37. The van der Waals surface area contributed by atoms with Crippen LogP contribution < -0.4 is 11.1 Å². The highest BCUT2D eigenvalue weighted by Gasteiger charge is 2.19. The van der Waals surface area contributed by atoms with Crippen molar-refractivity contribution in [3.05, 3.63) is 24.3 Å². The highest BCUT2D eigenvalue weighted by Crippen LogP contribution is 2.18. The molecule has 2 atom stereocenters. The third-order valence-corrected chi connectivity index (χ3v) is 9.27. The van der Waals surface area contributed by atoms with E-state index in [0.29, 0.717) is 32.2 Å². The minimum atomic E-state index is -1.01. The molecule has 0 aromatic heterocycles. The van der Waals surface area contributed by atoms with E-state index in [0.717, 1.165) is 77.0 Å². The number of carboxylic acids is 1. The molecule has 0 heterocycles. The maximum atomic E-state index is 12.7. The molecule has 0 aromatic carbocycles. The molecular weight excluding hydrogens is 612 g/mol. The fourth-order valence-corrected chi connectivity index (χ4v) is 6.13. The van der Waals surface area contributed by atoms with Gasteiger partial charge in [0.15, 0.2) is 0 Å². The van der Waals surface area contributed by atoms with E-state index in [4.69, 9.17) is 10.5 Å². The number of amides is 1. The SMILES string of the molecule is CCCCCCC/C=C\C/C=C\CCCC(CCCCCCCC(=O)NC(CCCN)C(=O)O)OC(=O)CCCCCCCCCCCC. The lowest BCUT2D eigenvalue weighted by molar-refractivity contribution is -0.150. The van der Waals surface area contributed by atoms with E-state index in [2.05, 4.69) is 43.5 Å². The number of hydrogen-bond acceptors (Lipinski definition) is 5. The number of unbranched alkanes of at least 4 members (excludes halogenated alkanes) is 19. The van der Waals surface area contributed by atoms with Crippen LogP contribution in [0.15, 0.2) is 24.3 Å². The first kappa shape index (κ1) is 46.9. The molecule has 1 amide bonds. The molecule has 0 saturated heterocycles. The van der Waals surface area contributed by atoms with Gasteiger partial charge in [-0.15, -0.1) is 0 Å². The second-order valence-corrected chi connectivity index (χ2v) is 14.1. The number of allylic oxidation sites excluding steroid dienone is 4. The van der Waals surface area contributed by atoms with Gasteiger partial charge >= 0.3 is 11.9 Å². The van der Waals surface area contributed by atoms with Gasteiger partial charge in [0, 0.05) is 12.8 Å². The zero-order valence-corrected chi connectivity index (χ0v) is 32.0. The van der Waals surface area contributed by atoms with Crippen molar-refractivity contribution in [2.75, 3.05) is 6.54 Å². The van der Waals surface area contributed by atoms with Crippen LogP contribution in [0.1, 0.15) is 206 Å². The summed E-state index contributed by atoms with van der Waals surface area (Å²) in [6, 6.07) is -0.858. The van der Waals surface area contributed by atoms with Gasteiger partial charge in [-0.2, -0.15) is 0 Å². The van der Waals surface area contributed by atoms with Crippen molar-refractivity contribution in [2.45, 2.75) is 219 Å². The van der Waals surface area contributed by atoms with E-state index >= 15 is 0 Å². The molecule has 2 unspecified atom stereocenters. The molecule has 286 valence electrons. The summed E-state index contributed by atoms with van der Waals surface area (Å²) in [4.78, 5) is 36.2. The molecule has 0 aromatic rings. The van der Waals surface area contributed by atoms with E-state index in [9.17, 15) is 19.5 Å². The zero-order chi connectivity index (χ0) is 36.0. The predicted octanol–water partition coefficient (Wildman–Crippen LogP) is 11.3. The van der Waals surface area contributed by atoms with E-state index in [-0.39, 0.29) is 18.0 Å². The van der Waals surface area contributed by atoms with Crippen LogP contribution in [-0.4, -0.2) is 41.6 Å². The maximum Gasteiger partial charge on any atom is 0.326 e. The van der Waals surface area contributed by atoms with Crippen LogP contribution in [0.5, 0.6) is 0 Å². The number of nitrogens with one attached hydrogen (secondary N) is 1. The average Bonchev–Trinajstić information content (AvgIpc) is 3.08. The molecule has 4 N–H and O–H groups in total. The monoisotopic (exact) mass is 691 g/mol. The third kappa shape index (κ3) is 34.1. The Kier molecular flexibility index (Phi) is 35.5. The van der Waals surface area contributed by atoms with Crippen LogP contribution in [0.3, 0.4) is 0 Å². The molecule has 0 saturated carbocycles. The minimum Gasteiger partial charge on any atom is -0.480 e. The predicted molar refractivity (Wildman–Crippen MR) is 207 cm³/mol. The van der Waals surface area contributed by atoms with Crippen molar-refractivity contribution in [3.8, 4) is 0 Å². The lowest BCUT2D eigenvalue weighted by Crippen LogP contribution is -2.40. The van der Waals surface area contributed by atoms with E-state index in [1.54, 1.807) is 0 Å². The van der Waals surface area contributed by atoms with E-state index in [1.165, 1.54) is 89.9 Å². The summed E-state index contributed by atoms with van der Waals surface area (Å²) in [5.74, 6) is -1.26. The van der Waals surface area contributed by atoms with E-state index in [1.807, 2.05) is 0 Å². The van der Waals surface area contributed by atoms with Crippen LogP contribution in [0.25, 0.3) is 0 Å². The number of nitrogens with two attached hydrogens (primary N) is 1. The Morgan fingerprint density at radius 2 is 1.08 bits per heavy atom. The summed E-state index contributed by atoms with van der Waals surface area (Å²) in [5, 5.41) is 11.9. The Bertz CT molecular complexity index is 828. The van der Waals surface area contributed by atoms with Gasteiger partial charge in [-0.1, -0.05) is 141 Å². The first-order valence-corrected chi connectivity index (χ1v) is 20.7. The van der Waals surface area contributed by atoms with Crippen LogP contribution >= 0.6 is 0 Å². The summed E-state index contributed by atoms with van der Waals surface area (Å²) >= 11 is 0. The lowest BCUT2D eigenvalue weighted by atomic mass is 10.0. The molecule has 0 aliphatic rings. The Balaban J connectivity index is 4.40. The fourth-order valence-electron chi connectivity index (χ4n) is 6.13. The molecule has 49 heavy (non-hydrogen) atoms. The zero-order valence-electron chi connectivity index (χ0n) is 32.0. The summed E-state index contributed by atoms with van der Waals surface area (Å²) in [6.45, 7) is 4.92. The van der Waals surface area contributed by atoms with Gasteiger partial charge in [0.25, 0.3) is 0 Å². The highest BCUT2D eigenvalue weighted by molar-refractivity contribution is 5.83. The minimum absolute atomic E-state index is 0.0242. The van der Waals surface area contributed by atoms with Crippen LogP contribution in [0, 0.1) is 0 Å². The number of aliphatic carboxylic acids is 1. The summed E-state index contributed by atoms with van der Waals surface area (Å²) in [7, 11) is 0. The van der Waals surface area contributed by atoms with Gasteiger partial charge in [-0.25, -0.2) is 4.79 Å². The van der Waals surface area contributed by atoms with Crippen LogP contribution in [0.2, 0.25) is 0 Å². The highest BCUT2D eigenvalue weighted by atomic mass is 16.5. The molecule has 0 bridgehead atoms. The number of carboxylic acid groups (broad SMARTS) is 1. The molecule has 0 rings (SSSR count). The van der Waals surface area contributed by atoms with Crippen LogP contribution in [-0.2, 0) is 19.1 Å². The Morgan fingerprint density at radius 1 is 0.592 bits per heavy atom. The lowest BCUT2D eigenvalue weighted by Gasteiger charge is -2.18. The van der Waals surface area contributed by atoms with Crippen molar-refractivity contribution in [1.29, 1.82) is 0 Å². The standard InChI is InChI=1S/C42H78N2O5/c1-3-5-7-9-11-13-15-16-17-18-20-23-27-32-38(49-41(46)36-30-26-21-19-14-12-10-8-6-4-2)33-28-24-22-25-29-35-40(45)44-39(42(47)48)34-31-37-43/h15-16,18,20,38-39H,3-14,17,19,21-37,43H2,1-2H3,(H,44,45)(H,47,48)/b16-15-,20-18-. The first-order valence-electron chi connectivity index (χ1n) is 20.7. The van der Waals surface area contributed by atoms with Gasteiger partial charge < -0.3 is 20.9 Å². The van der Waals surface area contributed by atoms with Crippen LogP contribution in [0.4, 0.5) is 0 Å². The smallest absolute Gasteiger partial charge is 0.326 e. The van der Waals surface area contributed by atoms with Gasteiger partial charge in [0.05, 0.1) is 0 Å². The Morgan fingerprint density at radius 3 is 1.65 bits per heavy atom. The summed E-state index contributed by atoms with van der Waals surface area (Å²) < 4.78 is 6.00. The normalized spacial score (nSPS) is 12.9. The number of carbonyl (C=O) groups is 3. The molecular formula is C42H78N2O5. The van der Waals surface area contributed by atoms with Crippen molar-refractivity contribution in [1.82, 2.24) is 5.32 Å². The average molecular weight is 691 g/mol. The third-order valence-electron chi connectivity index (χ3n) is 9.27. The molecule has 0 aliphatic heterocycles. The second kappa shape index (κ2) is 37.1. The molecule has 0 radical (unpaired) electrons. The van der Waals surface area contributed by atoms with Crippen molar-refractivity contribution in [3.63, 3.8) is 0 Å². The van der Waals surface area contributed by atoms with Crippen molar-refractivity contribution in [2.24, 2.45) is 5.73 Å². The Labute approximate surface area is 302 Å². The van der Waals surface area contributed by atoms with Gasteiger partial charge in [-0.3, -0.25) is 9.59 Å². The number of ether oxygens (including phenoxy) is 1. The van der Waals surface area contributed by atoms with Gasteiger partial charge in [0.2, 0.25) is 5.91 Å². The molecule has 7 heteroatoms. The van der Waals surface area contributed by atoms with Gasteiger partial charge in [0.1, 0.15) is 12.1 Å². The molecule has 7 nitrogen and oxygen atoms in total. The quantitative estimate of drug-likeness (QED) is 0.0339. The second-order valence-electron chi connectivity index (χ2n) is 14.1. The number of esters is 1. The van der Waals surface area contributed by atoms with Crippen molar-refractivity contribution >= 4 is 17.8 Å². The Hall–Kier alpha value is -2.15. The summed E-state index contributed by atoms with van der Waals surface area (Å²) in [5.41, 5.74) is 5.48. The number of carbonyl (C=O) groups excluding carboxylic acids is 2. The fraction of sp³-hybridized carbons (Fsp3) is 0.833. The van der Waals surface area contributed by atoms with Crippen molar-refractivity contribution < 1.29 is 24.2 Å². The topological polar surface area (TPSA) is 119 Å². The van der Waals surface area contributed by atoms with E-state index < -0.39 is 12.0 Å². The maximum absolute atomic E-state index is 12.7. The largest absolute Gasteiger partial charge is 0.480 e. The summed E-state index contributed by atoms with van der Waals surface area (Å²) in [6.07, 6.45) is 40.7. The number of hydrogen-bond donors (Lipinski definition) is 3. The molecule has 0 aliphatic carbocycles. The van der Waals surface area contributed by atoms with Gasteiger partial charge in [-0.05, 0) is 83.6 Å².